The molecule has 0 spiro atoms. The van der Waals surface area contributed by atoms with Crippen LogP contribution in [0.4, 0.5) is 0 Å². The van der Waals surface area contributed by atoms with Gasteiger partial charge in [-0.3, -0.25) is 0 Å². The van der Waals surface area contributed by atoms with Crippen LogP contribution in [0, 0.1) is 0 Å². The van der Waals surface area contributed by atoms with E-state index >= 15 is 0 Å². The van der Waals surface area contributed by atoms with E-state index in [-0.39, 0.29) is 0 Å². The minimum Gasteiger partial charge on any atom is -0.314 e. The number of hydrogen-bond acceptors (Lipinski definition) is 1. The maximum Gasteiger partial charge on any atom is 0.00105 e. The van der Waals surface area contributed by atoms with Crippen molar-refractivity contribution < 1.29 is 0 Å². The van der Waals surface area contributed by atoms with Crippen molar-refractivity contribution in [1.29, 1.82) is 0 Å². The first-order valence-electron chi connectivity index (χ1n) is 7.73. The summed E-state index contributed by atoms with van der Waals surface area (Å²) in [6.07, 6.45) is 11.1. The van der Waals surface area contributed by atoms with Gasteiger partial charge in [0.2, 0.25) is 0 Å². The van der Waals surface area contributed by atoms with Crippen molar-refractivity contribution in [3.05, 3.63) is 47.5 Å². The molecule has 0 fully saturated rings. The molecule has 104 valence electrons. The van der Waals surface area contributed by atoms with Crippen LogP contribution in [0.1, 0.15) is 56.6 Å². The van der Waals surface area contributed by atoms with Gasteiger partial charge in [-0.1, -0.05) is 50.3 Å². The van der Waals surface area contributed by atoms with Crippen LogP contribution in [0.25, 0.3) is 0 Å². The molecule has 0 heterocycles. The van der Waals surface area contributed by atoms with E-state index in [2.05, 4.69) is 55.6 Å². The van der Waals surface area contributed by atoms with Crippen LogP contribution in [0.15, 0.2) is 36.4 Å². The number of allylic oxidation sites excluding steroid dienone is 1. The molecule has 0 saturated heterocycles. The lowest BCUT2D eigenvalue weighted by molar-refractivity contribution is 0.556. The molecule has 1 aliphatic carbocycles. The predicted octanol–water partition coefficient (Wildman–Crippen LogP) is 4.44. The first kappa shape index (κ1) is 14.3. The molecule has 0 aromatic heterocycles. The van der Waals surface area contributed by atoms with E-state index in [0.29, 0.717) is 6.04 Å². The summed E-state index contributed by atoms with van der Waals surface area (Å²) in [5, 5.41) is 3.45. The topological polar surface area (TPSA) is 12.0 Å². The molecule has 0 radical (unpaired) electrons. The number of nitrogens with one attached hydrogen (secondary N) is 1. The highest BCUT2D eigenvalue weighted by Gasteiger charge is 2.17. The van der Waals surface area contributed by atoms with E-state index in [0.717, 1.165) is 18.9 Å². The van der Waals surface area contributed by atoms with Crippen LogP contribution in [0.2, 0.25) is 0 Å². The van der Waals surface area contributed by atoms with Crippen molar-refractivity contribution in [3.63, 3.8) is 0 Å². The summed E-state index contributed by atoms with van der Waals surface area (Å²) in [5.41, 5.74) is 3.17. The Morgan fingerprint density at radius 3 is 2.95 bits per heavy atom. The maximum atomic E-state index is 3.45. The summed E-state index contributed by atoms with van der Waals surface area (Å²) in [7, 11) is 0. The molecule has 1 nitrogen and oxygen atoms in total. The maximum absolute atomic E-state index is 3.45. The van der Waals surface area contributed by atoms with Crippen LogP contribution in [-0.2, 0) is 6.42 Å². The van der Waals surface area contributed by atoms with Crippen LogP contribution >= 0.6 is 0 Å². The largest absolute Gasteiger partial charge is 0.314 e. The quantitative estimate of drug-likeness (QED) is 0.587. The van der Waals surface area contributed by atoms with E-state index in [4.69, 9.17) is 0 Å². The third-order valence-electron chi connectivity index (χ3n) is 3.94. The highest BCUT2D eigenvalue weighted by Crippen LogP contribution is 2.33. The zero-order chi connectivity index (χ0) is 13.5. The smallest absolute Gasteiger partial charge is 0.00105 e. The summed E-state index contributed by atoms with van der Waals surface area (Å²) < 4.78 is 0. The van der Waals surface area contributed by atoms with Gasteiger partial charge in [0.1, 0.15) is 0 Å². The van der Waals surface area contributed by atoms with E-state index in [1.54, 1.807) is 11.1 Å². The SMILES string of the molecule is CC(C)NCCC=CCC1CCCc2ccccc21. The predicted molar refractivity (Wildman–Crippen MR) is 83.6 cm³/mol. The lowest BCUT2D eigenvalue weighted by Gasteiger charge is -2.24. The van der Waals surface area contributed by atoms with Crippen molar-refractivity contribution in [3.8, 4) is 0 Å². The van der Waals surface area contributed by atoms with Gasteiger partial charge in [-0.25, -0.2) is 0 Å². The van der Waals surface area contributed by atoms with Gasteiger partial charge in [-0.2, -0.15) is 0 Å². The Morgan fingerprint density at radius 1 is 1.26 bits per heavy atom. The molecule has 0 aliphatic heterocycles. The molecule has 0 amide bonds. The number of benzene rings is 1. The first-order valence-corrected chi connectivity index (χ1v) is 7.73. The van der Waals surface area contributed by atoms with Crippen molar-refractivity contribution in [2.75, 3.05) is 6.54 Å². The molecule has 1 aliphatic rings. The van der Waals surface area contributed by atoms with Crippen molar-refractivity contribution >= 4 is 0 Å². The minimum atomic E-state index is 0.596. The molecule has 1 unspecified atom stereocenters. The van der Waals surface area contributed by atoms with E-state index in [1.807, 2.05) is 0 Å². The van der Waals surface area contributed by atoms with Crippen LogP contribution in [0.3, 0.4) is 0 Å². The normalized spacial score (nSPS) is 19.0. The Hall–Kier alpha value is -1.08. The average Bonchev–Trinajstić information content (AvgIpc) is 2.42. The minimum absolute atomic E-state index is 0.596. The molecule has 0 saturated carbocycles. The van der Waals surface area contributed by atoms with E-state index in [9.17, 15) is 0 Å². The van der Waals surface area contributed by atoms with Crippen LogP contribution < -0.4 is 5.32 Å². The molecule has 19 heavy (non-hydrogen) atoms. The van der Waals surface area contributed by atoms with E-state index < -0.39 is 0 Å². The average molecular weight is 257 g/mol. The third kappa shape index (κ3) is 4.50. The Kier molecular flexibility index (Phi) is 5.65. The van der Waals surface area contributed by atoms with Gasteiger partial charge in [0.25, 0.3) is 0 Å². The summed E-state index contributed by atoms with van der Waals surface area (Å²) in [6, 6.07) is 9.59. The van der Waals surface area contributed by atoms with Gasteiger partial charge < -0.3 is 5.32 Å². The Morgan fingerprint density at radius 2 is 2.11 bits per heavy atom. The summed E-state index contributed by atoms with van der Waals surface area (Å²) in [6.45, 7) is 5.49. The summed E-state index contributed by atoms with van der Waals surface area (Å²) in [5.74, 6) is 0.749. The molecular weight excluding hydrogens is 230 g/mol. The summed E-state index contributed by atoms with van der Waals surface area (Å²) >= 11 is 0. The fraction of sp³-hybridized carbons (Fsp3) is 0.556. The number of rotatable bonds is 6. The monoisotopic (exact) mass is 257 g/mol. The lowest BCUT2D eigenvalue weighted by Crippen LogP contribution is -2.23. The van der Waals surface area contributed by atoms with Gasteiger partial charge in [0.05, 0.1) is 0 Å². The van der Waals surface area contributed by atoms with Crippen LogP contribution in [-0.4, -0.2) is 12.6 Å². The van der Waals surface area contributed by atoms with Crippen LogP contribution in [0.5, 0.6) is 0 Å². The second-order valence-electron chi connectivity index (χ2n) is 5.89. The molecule has 1 aromatic carbocycles. The number of aryl methyl sites for hydroxylation is 1. The Bertz CT molecular complexity index is 406. The van der Waals surface area contributed by atoms with E-state index in [1.165, 1.54) is 25.7 Å². The third-order valence-corrected chi connectivity index (χ3v) is 3.94. The fourth-order valence-corrected chi connectivity index (χ4v) is 2.93. The molecule has 1 aromatic rings. The molecular formula is C18H27N. The fourth-order valence-electron chi connectivity index (χ4n) is 2.93. The van der Waals surface area contributed by atoms with Gasteiger partial charge in [-0.05, 0) is 55.7 Å². The zero-order valence-electron chi connectivity index (χ0n) is 12.4. The molecule has 2 rings (SSSR count). The van der Waals surface area contributed by atoms with Crippen molar-refractivity contribution in [2.24, 2.45) is 0 Å². The van der Waals surface area contributed by atoms with Crippen molar-refractivity contribution in [1.82, 2.24) is 5.32 Å². The number of hydrogen-bond donors (Lipinski definition) is 1. The Balaban J connectivity index is 1.79. The van der Waals surface area contributed by atoms with Crippen molar-refractivity contribution in [2.45, 2.75) is 57.9 Å². The molecule has 1 N–H and O–H groups in total. The lowest BCUT2D eigenvalue weighted by atomic mass is 9.81. The van der Waals surface area contributed by atoms with Gasteiger partial charge in [0.15, 0.2) is 0 Å². The van der Waals surface area contributed by atoms with Gasteiger partial charge in [-0.15, -0.1) is 0 Å². The molecule has 1 heteroatoms. The summed E-state index contributed by atoms with van der Waals surface area (Å²) in [4.78, 5) is 0. The van der Waals surface area contributed by atoms with Gasteiger partial charge in [0, 0.05) is 6.04 Å². The number of fused-ring (bicyclic) bond motifs is 1. The standard InChI is InChI=1S/C18H27N/c1-15(2)19-14-7-3-4-9-16-11-8-12-17-10-5-6-13-18(16)17/h3-6,10,13,15-16,19H,7-9,11-12,14H2,1-2H3. The van der Waals surface area contributed by atoms with Gasteiger partial charge >= 0.3 is 0 Å². The zero-order valence-corrected chi connectivity index (χ0v) is 12.4. The molecule has 0 bridgehead atoms. The molecule has 1 atom stereocenters. The Labute approximate surface area is 118 Å². The second kappa shape index (κ2) is 7.49. The highest BCUT2D eigenvalue weighted by molar-refractivity contribution is 5.32. The first-order chi connectivity index (χ1) is 9.27. The highest BCUT2D eigenvalue weighted by atomic mass is 14.9. The second-order valence-corrected chi connectivity index (χ2v) is 5.89.